The summed E-state index contributed by atoms with van der Waals surface area (Å²) in [6, 6.07) is 21.0. The van der Waals surface area contributed by atoms with Gasteiger partial charge in [-0.25, -0.2) is 27.5 Å². The third-order valence-corrected chi connectivity index (χ3v) is 8.20. The maximum Gasteiger partial charge on any atom is 0.159 e. The summed E-state index contributed by atoms with van der Waals surface area (Å²) in [7, 11) is 0. The predicted octanol–water partition coefficient (Wildman–Crippen LogP) is 9.47. The van der Waals surface area contributed by atoms with Crippen LogP contribution in [0.2, 0.25) is 0 Å². The average molecular weight is 651 g/mol. The highest BCUT2D eigenvalue weighted by Gasteiger charge is 2.19. The van der Waals surface area contributed by atoms with Crippen LogP contribution in [0.15, 0.2) is 78.9 Å². The summed E-state index contributed by atoms with van der Waals surface area (Å²) in [6.45, 7) is 3.92. The van der Waals surface area contributed by atoms with E-state index in [9.17, 15) is 17.6 Å². The summed E-state index contributed by atoms with van der Waals surface area (Å²) in [5, 5.41) is 0. The van der Waals surface area contributed by atoms with Crippen LogP contribution in [0.5, 0.6) is 0 Å². The molecule has 2 aliphatic heterocycles. The molecule has 2 aromatic carbocycles. The first-order valence-corrected chi connectivity index (χ1v) is 15.4. The Hall–Kier alpha value is -5.32. The van der Waals surface area contributed by atoms with E-state index in [1.165, 1.54) is 12.1 Å². The van der Waals surface area contributed by atoms with Crippen LogP contribution < -0.4 is 0 Å². The lowest BCUT2D eigenvalue weighted by Gasteiger charge is -2.14. The van der Waals surface area contributed by atoms with Gasteiger partial charge in [-0.2, -0.15) is 0 Å². The number of rotatable bonds is 8. The summed E-state index contributed by atoms with van der Waals surface area (Å²) in [5.74, 6) is -3.68. The second-order valence-corrected chi connectivity index (χ2v) is 11.8. The van der Waals surface area contributed by atoms with Gasteiger partial charge in [0.2, 0.25) is 0 Å². The van der Waals surface area contributed by atoms with E-state index in [0.29, 0.717) is 22.5 Å². The second kappa shape index (κ2) is 13.1. The van der Waals surface area contributed by atoms with Crippen LogP contribution >= 0.6 is 0 Å². The van der Waals surface area contributed by atoms with Crippen molar-refractivity contribution in [1.29, 1.82) is 0 Å². The molecule has 8 bridgehead atoms. The zero-order valence-electron chi connectivity index (χ0n) is 26.0. The number of aromatic nitrogens is 4. The van der Waals surface area contributed by atoms with Gasteiger partial charge in [0.25, 0.3) is 0 Å². The number of aromatic amines is 2. The summed E-state index contributed by atoms with van der Waals surface area (Å²) in [5.41, 5.74) is 8.78. The molecule has 242 valence electrons. The Morgan fingerprint density at radius 3 is 1.83 bits per heavy atom. The van der Waals surface area contributed by atoms with Gasteiger partial charge in [-0.3, -0.25) is 0 Å². The maximum atomic E-state index is 13.8. The van der Waals surface area contributed by atoms with Gasteiger partial charge in [0.1, 0.15) is 0 Å². The first kappa shape index (κ1) is 31.3. The van der Waals surface area contributed by atoms with E-state index in [1.54, 1.807) is 0 Å². The summed E-state index contributed by atoms with van der Waals surface area (Å²) in [6.07, 6.45) is 4.93. The van der Waals surface area contributed by atoms with Crippen LogP contribution in [0.1, 0.15) is 59.4 Å². The molecular formula is C38H30F4N4O2. The number of nitrogens with zero attached hydrogens (tertiary/aromatic N) is 2. The number of hydrogen-bond donors (Lipinski definition) is 2. The lowest BCUT2D eigenvalue weighted by molar-refractivity contribution is 0.0534. The van der Waals surface area contributed by atoms with Crippen molar-refractivity contribution in [3.63, 3.8) is 0 Å². The van der Waals surface area contributed by atoms with Crippen LogP contribution in [-0.4, -0.2) is 26.0 Å². The first-order valence-electron chi connectivity index (χ1n) is 15.4. The Kier molecular flexibility index (Phi) is 8.51. The standard InChI is InChI=1S/C38H30F4N4O2/c1-21(47-19-23-3-9-33(39)35(41)11-23)31-15-29-14-27-6-5-25(43-27)13-26-7-8-28(44-26)17-37-32(16-30(46-37)18-38(31)45-29)22(2)48-20-24-4-10-34(40)36(42)12-24/h3-18,21-22,44-45H,19-20H2,1-2H3. The quantitative estimate of drug-likeness (QED) is 0.161. The van der Waals surface area contributed by atoms with Crippen molar-refractivity contribution in [3.05, 3.63) is 142 Å². The fraction of sp³-hybridized carbons (Fsp3) is 0.158. The van der Waals surface area contributed by atoms with Gasteiger partial charge < -0.3 is 19.4 Å². The molecule has 2 aliphatic rings. The molecule has 48 heavy (non-hydrogen) atoms. The molecule has 0 spiro atoms. The number of nitrogens with one attached hydrogen (secondary N) is 2. The second-order valence-electron chi connectivity index (χ2n) is 11.8. The van der Waals surface area contributed by atoms with Crippen LogP contribution in [-0.2, 0) is 22.7 Å². The number of ether oxygens (including phenoxy) is 2. The monoisotopic (exact) mass is 650 g/mol. The van der Waals surface area contributed by atoms with Crippen LogP contribution in [0.25, 0.3) is 45.9 Å². The highest BCUT2D eigenvalue weighted by Crippen LogP contribution is 2.30. The molecule has 3 aromatic heterocycles. The van der Waals surface area contributed by atoms with E-state index in [1.807, 2.05) is 74.5 Å². The minimum atomic E-state index is -0.928. The predicted molar refractivity (Wildman–Crippen MR) is 178 cm³/mol. The molecular weight excluding hydrogens is 620 g/mol. The molecule has 0 aliphatic carbocycles. The maximum absolute atomic E-state index is 13.8. The van der Waals surface area contributed by atoms with E-state index in [4.69, 9.17) is 19.4 Å². The van der Waals surface area contributed by atoms with Gasteiger partial charge in [-0.05, 0) is 110 Å². The van der Waals surface area contributed by atoms with Crippen molar-refractivity contribution < 1.29 is 27.0 Å². The molecule has 2 N–H and O–H groups in total. The van der Waals surface area contributed by atoms with Crippen molar-refractivity contribution in [2.75, 3.05) is 0 Å². The Morgan fingerprint density at radius 1 is 0.583 bits per heavy atom. The van der Waals surface area contributed by atoms with E-state index in [-0.39, 0.29) is 13.2 Å². The van der Waals surface area contributed by atoms with E-state index < -0.39 is 35.5 Å². The lowest BCUT2D eigenvalue weighted by atomic mass is 10.1. The Balaban J connectivity index is 1.29. The number of hydrogen-bond acceptors (Lipinski definition) is 4. The number of fused-ring (bicyclic) bond motifs is 8. The molecule has 0 radical (unpaired) electrons. The number of halogens is 4. The molecule has 5 aromatic rings. The highest BCUT2D eigenvalue weighted by molar-refractivity contribution is 5.87. The molecule has 2 atom stereocenters. The summed E-state index contributed by atoms with van der Waals surface area (Å²) in [4.78, 5) is 16.5. The summed E-state index contributed by atoms with van der Waals surface area (Å²) >= 11 is 0. The largest absolute Gasteiger partial charge is 0.369 e. The average Bonchev–Trinajstić information content (AvgIpc) is 3.87. The molecule has 0 saturated carbocycles. The zero-order chi connectivity index (χ0) is 33.4. The van der Waals surface area contributed by atoms with Crippen molar-refractivity contribution in [2.45, 2.75) is 39.3 Å². The fourth-order valence-electron chi connectivity index (χ4n) is 5.67. The van der Waals surface area contributed by atoms with E-state index >= 15 is 0 Å². The van der Waals surface area contributed by atoms with E-state index in [0.717, 1.165) is 68.9 Å². The smallest absolute Gasteiger partial charge is 0.159 e. The minimum Gasteiger partial charge on any atom is -0.369 e. The third kappa shape index (κ3) is 6.85. The van der Waals surface area contributed by atoms with Gasteiger partial charge in [-0.1, -0.05) is 12.1 Å². The van der Waals surface area contributed by atoms with Gasteiger partial charge in [-0.15, -0.1) is 0 Å². The summed E-state index contributed by atoms with van der Waals surface area (Å²) < 4.78 is 66.8. The molecule has 5 heterocycles. The van der Waals surface area contributed by atoms with Crippen LogP contribution in [0, 0.1) is 23.3 Å². The Morgan fingerprint density at radius 2 is 1.19 bits per heavy atom. The SMILES string of the molecule is CC(OCc1ccc(F)c(F)c1)C1=Cc2cc3[nH]c(cc4nc(cc5ccc(cc1n2)[nH]5)C=C4)cc3C(C)OCc1ccc(F)c(F)c1. The Bertz CT molecular complexity index is 2260. The molecule has 6 nitrogen and oxygen atoms in total. The molecule has 0 amide bonds. The first-order chi connectivity index (χ1) is 23.2. The third-order valence-electron chi connectivity index (χ3n) is 8.20. The lowest BCUT2D eigenvalue weighted by Crippen LogP contribution is -2.10. The highest BCUT2D eigenvalue weighted by atomic mass is 19.2. The number of benzene rings is 2. The van der Waals surface area contributed by atoms with Crippen molar-refractivity contribution >= 4 is 45.9 Å². The molecule has 0 saturated heterocycles. The minimum absolute atomic E-state index is 0.0743. The van der Waals surface area contributed by atoms with Crippen LogP contribution in [0.3, 0.4) is 0 Å². The topological polar surface area (TPSA) is 75.8 Å². The van der Waals surface area contributed by atoms with Crippen LogP contribution in [0.4, 0.5) is 17.6 Å². The van der Waals surface area contributed by atoms with Gasteiger partial charge >= 0.3 is 0 Å². The van der Waals surface area contributed by atoms with Gasteiger partial charge in [0.05, 0.1) is 48.2 Å². The number of H-pyrrole nitrogens is 2. The van der Waals surface area contributed by atoms with Gasteiger partial charge in [0, 0.05) is 33.2 Å². The van der Waals surface area contributed by atoms with Gasteiger partial charge in [0.15, 0.2) is 23.3 Å². The van der Waals surface area contributed by atoms with Crippen molar-refractivity contribution in [3.8, 4) is 0 Å². The van der Waals surface area contributed by atoms with E-state index in [2.05, 4.69) is 9.97 Å². The zero-order valence-corrected chi connectivity index (χ0v) is 26.0. The molecule has 10 heteroatoms. The molecule has 2 unspecified atom stereocenters. The fourth-order valence-corrected chi connectivity index (χ4v) is 5.67. The molecule has 7 rings (SSSR count). The van der Waals surface area contributed by atoms with Crippen molar-refractivity contribution in [2.24, 2.45) is 0 Å². The molecule has 0 fully saturated rings. The normalized spacial score (nSPS) is 13.8. The van der Waals surface area contributed by atoms with Crippen molar-refractivity contribution in [1.82, 2.24) is 19.9 Å². The Labute approximate surface area is 273 Å².